The van der Waals surface area contributed by atoms with Crippen LogP contribution in [0.25, 0.3) is 61.0 Å². The number of nitrogens with zero attached hydrogens (tertiary/aromatic N) is 4. The van der Waals surface area contributed by atoms with Crippen LogP contribution in [0.3, 0.4) is 0 Å². The molecule has 8 aromatic carbocycles. The quantitative estimate of drug-likeness (QED) is 0.142. The Kier molecular flexibility index (Phi) is 7.33. The molecular formula is C60H47N4OPt-3. The molecule has 0 saturated carbocycles. The Balaban J connectivity index is 0.00000753. The van der Waals surface area contributed by atoms with E-state index >= 15 is 0 Å². The van der Waals surface area contributed by atoms with Gasteiger partial charge < -0.3 is 19.1 Å². The molecule has 2 aromatic heterocycles. The number of hydrogen-bond donors (Lipinski definition) is 0. The van der Waals surface area contributed by atoms with E-state index in [-0.39, 0.29) is 83.4 Å². The molecule has 326 valence electrons. The molecule has 10 aromatic rings. The van der Waals surface area contributed by atoms with Crippen molar-refractivity contribution in [1.29, 1.82) is 0 Å². The van der Waals surface area contributed by atoms with Crippen molar-refractivity contribution in [1.82, 2.24) is 9.55 Å². The Labute approximate surface area is 424 Å². The van der Waals surface area contributed by atoms with Gasteiger partial charge in [0.1, 0.15) is 5.82 Å². The smallest absolute Gasteiger partial charge is 0.135 e. The summed E-state index contributed by atoms with van der Waals surface area (Å²) in [4.78, 5) is 8.39. The van der Waals surface area contributed by atoms with E-state index in [1.807, 2.05) is 58.0 Å². The second kappa shape index (κ2) is 17.3. The summed E-state index contributed by atoms with van der Waals surface area (Å²) >= 11 is 0. The van der Waals surface area contributed by atoms with Crippen LogP contribution < -0.4 is 14.5 Å². The van der Waals surface area contributed by atoms with Gasteiger partial charge in [0.05, 0.1) is 13.7 Å². The van der Waals surface area contributed by atoms with Gasteiger partial charge in [-0.25, -0.2) is 4.98 Å². The van der Waals surface area contributed by atoms with Crippen LogP contribution >= 0.6 is 0 Å². The molecule has 0 N–H and O–H groups in total. The van der Waals surface area contributed by atoms with Gasteiger partial charge in [0, 0.05) is 80.7 Å². The molecule has 0 fully saturated rings. The number of para-hydroxylation sites is 3. The first-order valence-electron chi connectivity index (χ1n) is 28.9. The number of hydrogen-bond acceptors (Lipinski definition) is 4. The minimum atomic E-state index is -2.71. The number of rotatable bonds is 8. The zero-order valence-corrected chi connectivity index (χ0v) is 38.0. The zero-order valence-electron chi connectivity index (χ0n) is 51.7. The zero-order chi connectivity index (χ0) is 57.9. The topological polar surface area (TPSA) is 33.5 Å². The fourth-order valence-corrected chi connectivity index (χ4v) is 8.42. The van der Waals surface area contributed by atoms with Crippen molar-refractivity contribution < 1.29 is 47.7 Å². The molecule has 0 amide bonds. The SMILES string of the molecule is [2H]c1c([2H])c([2H])c(-c2ccc3c(c2)c2ccc(Oc4[c-]c(N5[CH-]N(c6c(-c7cc(C([2H])([2H])[2H])cc(C([2H])([2H])[2H])c7)cccc6-c6c([2H])c([2H])c([2H])c([2H])c6[2H])c6ccccc65)ccc4)[c-]c2n3-c2cc(C(C)(C)C)ccn2)c([2H])c1[2H].[Pt]. The number of aryl methyl sites for hydroxylation is 2. The van der Waals surface area contributed by atoms with Crippen LogP contribution in [0.1, 0.15) is 59.4 Å². The summed E-state index contributed by atoms with van der Waals surface area (Å²) in [6.07, 6.45) is 1.74. The van der Waals surface area contributed by atoms with Crippen LogP contribution in [0.15, 0.2) is 188 Å². The molecule has 1 aliphatic rings. The average Bonchev–Trinajstić information content (AvgIpc) is 2.17. The Hall–Kier alpha value is -7.20. The van der Waals surface area contributed by atoms with Gasteiger partial charge in [-0.3, -0.25) is 0 Å². The number of anilines is 4. The molecule has 0 bridgehead atoms. The van der Waals surface area contributed by atoms with Gasteiger partial charge in [0.25, 0.3) is 0 Å². The fourth-order valence-electron chi connectivity index (χ4n) is 8.42. The van der Waals surface area contributed by atoms with Gasteiger partial charge in [-0.2, -0.15) is 12.1 Å². The van der Waals surface area contributed by atoms with E-state index in [1.165, 1.54) is 12.1 Å². The third-order valence-corrected chi connectivity index (χ3v) is 11.4. The maximum Gasteiger partial charge on any atom is 0.135 e. The second-order valence-corrected chi connectivity index (χ2v) is 16.7. The van der Waals surface area contributed by atoms with Crippen molar-refractivity contribution in [2.45, 2.75) is 39.9 Å². The summed E-state index contributed by atoms with van der Waals surface area (Å²) in [5.41, 5.74) is 4.62. The van der Waals surface area contributed by atoms with Gasteiger partial charge in [-0.05, 0) is 82.7 Å². The first-order chi connectivity index (χ1) is 38.2. The summed E-state index contributed by atoms with van der Waals surface area (Å²) in [7, 11) is 0. The second-order valence-electron chi connectivity index (χ2n) is 16.7. The van der Waals surface area contributed by atoms with E-state index in [1.54, 1.807) is 72.4 Å². The third kappa shape index (κ3) is 7.88. The summed E-state index contributed by atoms with van der Waals surface area (Å²) in [6, 6.07) is 36.5. The van der Waals surface area contributed by atoms with Gasteiger partial charge in [-0.15, -0.1) is 48.1 Å². The van der Waals surface area contributed by atoms with E-state index in [9.17, 15) is 0 Å². The first-order valence-corrected chi connectivity index (χ1v) is 20.9. The Morgan fingerprint density at radius 2 is 1.29 bits per heavy atom. The molecule has 0 unspecified atom stereocenters. The molecule has 0 atom stereocenters. The number of fused-ring (bicyclic) bond motifs is 4. The van der Waals surface area contributed by atoms with E-state index < -0.39 is 62.0 Å². The normalized spacial score (nSPS) is 16.2. The first kappa shape index (κ1) is 28.0. The Morgan fingerprint density at radius 1 is 0.606 bits per heavy atom. The minimum absolute atomic E-state index is 0. The van der Waals surface area contributed by atoms with Crippen molar-refractivity contribution >= 4 is 44.6 Å². The molecular weight excluding hydrogens is 988 g/mol. The van der Waals surface area contributed by atoms with E-state index in [0.717, 1.165) is 17.0 Å². The maximum atomic E-state index is 9.10. The summed E-state index contributed by atoms with van der Waals surface area (Å²) < 4.78 is 145. The predicted octanol–water partition coefficient (Wildman–Crippen LogP) is 15.9. The van der Waals surface area contributed by atoms with Crippen LogP contribution in [-0.2, 0) is 26.5 Å². The molecule has 66 heavy (non-hydrogen) atoms. The van der Waals surface area contributed by atoms with Crippen LogP contribution in [0.4, 0.5) is 22.7 Å². The van der Waals surface area contributed by atoms with Crippen molar-refractivity contribution in [3.63, 3.8) is 0 Å². The summed E-state index contributed by atoms with van der Waals surface area (Å²) in [5, 5.41) is 1.43. The average molecular weight is 1050 g/mol. The molecule has 6 heteroatoms. The van der Waals surface area contributed by atoms with Crippen LogP contribution in [0, 0.1) is 32.5 Å². The standard InChI is InChI=1S/C60H47N4O.Pt/c1-40-32-41(2)34-45(33-40)51-23-15-22-50(43-18-10-7-11-19-43)59(51)63-39-62(55-24-12-13-25-56(55)63)47-20-14-21-48(37-47)65-49-27-28-52-53-35-44(42-16-8-6-9-17-42)26-29-54(53)64(57(52)38-49)58-36-46(30-31-61-58)60(3,4)5;/h6-36,39H,1-5H3;/q-3;/i1D3,2D3,6D,7D,8D,9D,10D,11D,16D,17D,18D,19D;. The van der Waals surface area contributed by atoms with Crippen LogP contribution in [-0.4, -0.2) is 9.55 Å². The van der Waals surface area contributed by atoms with E-state index in [2.05, 4.69) is 32.9 Å². The number of benzene rings is 8. The molecule has 0 saturated heterocycles. The summed E-state index contributed by atoms with van der Waals surface area (Å²) in [6.45, 7) is 2.61. The number of pyridine rings is 1. The molecule has 11 rings (SSSR count). The third-order valence-electron chi connectivity index (χ3n) is 11.4. The van der Waals surface area contributed by atoms with E-state index in [0.29, 0.717) is 56.2 Å². The Morgan fingerprint density at radius 3 is 2.02 bits per heavy atom. The fraction of sp³-hybridized carbons (Fsp3) is 0.100. The van der Waals surface area contributed by atoms with Crippen LogP contribution in [0.5, 0.6) is 11.5 Å². The summed E-state index contributed by atoms with van der Waals surface area (Å²) in [5.74, 6) is 1.18. The van der Waals surface area contributed by atoms with Gasteiger partial charge in [-0.1, -0.05) is 159 Å². The largest absolute Gasteiger partial charge is 0.509 e. The molecule has 5 nitrogen and oxygen atoms in total. The maximum absolute atomic E-state index is 9.10. The number of ether oxygens (including phenoxy) is 1. The monoisotopic (exact) mass is 1050 g/mol. The predicted molar refractivity (Wildman–Crippen MR) is 269 cm³/mol. The van der Waals surface area contributed by atoms with Gasteiger partial charge in [0.15, 0.2) is 0 Å². The molecule has 0 aliphatic carbocycles. The molecule has 1 aliphatic heterocycles. The van der Waals surface area contributed by atoms with Crippen molar-refractivity contribution in [3.05, 3.63) is 223 Å². The van der Waals surface area contributed by atoms with E-state index in [4.69, 9.17) is 31.7 Å². The number of aromatic nitrogens is 2. The van der Waals surface area contributed by atoms with Crippen LogP contribution in [0.2, 0.25) is 0 Å². The van der Waals surface area contributed by atoms with Crippen molar-refractivity contribution in [2.24, 2.45) is 0 Å². The van der Waals surface area contributed by atoms with Crippen molar-refractivity contribution in [2.75, 3.05) is 9.80 Å². The van der Waals surface area contributed by atoms with Gasteiger partial charge in [0.2, 0.25) is 0 Å². The van der Waals surface area contributed by atoms with Crippen molar-refractivity contribution in [3.8, 4) is 50.7 Å². The molecule has 0 spiro atoms. The molecule has 3 heterocycles. The Bertz CT molecular complexity index is 4160. The molecule has 0 radical (unpaired) electrons. The minimum Gasteiger partial charge on any atom is -0.509 e. The van der Waals surface area contributed by atoms with Gasteiger partial charge >= 0.3 is 0 Å².